The number of hydrogen-bond acceptors (Lipinski definition) is 9. The van der Waals surface area contributed by atoms with Gasteiger partial charge < -0.3 is 19.1 Å². The van der Waals surface area contributed by atoms with Gasteiger partial charge in [0, 0.05) is 37.6 Å². The lowest BCUT2D eigenvalue weighted by Gasteiger charge is -2.30. The van der Waals surface area contributed by atoms with E-state index in [4.69, 9.17) is 19.2 Å². The summed E-state index contributed by atoms with van der Waals surface area (Å²) in [6.45, 7) is 2.41. The van der Waals surface area contributed by atoms with Crippen LogP contribution in [-0.2, 0) is 14.8 Å². The van der Waals surface area contributed by atoms with Gasteiger partial charge in [-0.25, -0.2) is 18.4 Å². The van der Waals surface area contributed by atoms with E-state index in [2.05, 4.69) is 14.9 Å². The third-order valence-corrected chi connectivity index (χ3v) is 6.61. The van der Waals surface area contributed by atoms with E-state index in [1.54, 1.807) is 12.4 Å². The van der Waals surface area contributed by atoms with E-state index in [-0.39, 0.29) is 13.2 Å². The van der Waals surface area contributed by atoms with E-state index in [1.165, 1.54) is 10.6 Å². The minimum absolute atomic E-state index is 0.141. The lowest BCUT2D eigenvalue weighted by molar-refractivity contribution is -0.0252. The minimum atomic E-state index is -3.29. The Kier molecular flexibility index (Phi) is 7.57. The second-order valence-electron chi connectivity index (χ2n) is 8.34. The number of benzene rings is 1. The molecular weight excluding hydrogens is 458 g/mol. The smallest absolute Gasteiger partial charge is 0.242 e. The van der Waals surface area contributed by atoms with Crippen molar-refractivity contribution in [1.82, 2.24) is 24.2 Å². The van der Waals surface area contributed by atoms with Crippen LogP contribution in [0.2, 0.25) is 0 Å². The SMILES string of the molecule is CN(C)CCOc1cccc(-c2cc3nccnc3c(OC[C@@H]3CN(S(C)(=O)=O)CCO3)n2)c1. The van der Waals surface area contributed by atoms with Crippen LogP contribution in [-0.4, -0.2) is 98.5 Å². The number of hydrogen-bond donors (Lipinski definition) is 0. The van der Waals surface area contributed by atoms with Gasteiger partial charge in [-0.05, 0) is 32.3 Å². The van der Waals surface area contributed by atoms with E-state index >= 15 is 0 Å². The topological polar surface area (TPSA) is 107 Å². The van der Waals surface area contributed by atoms with Crippen LogP contribution in [0.15, 0.2) is 42.7 Å². The van der Waals surface area contributed by atoms with Crippen molar-refractivity contribution in [2.75, 3.05) is 59.8 Å². The molecule has 1 aliphatic rings. The first kappa shape index (κ1) is 24.3. The molecule has 0 radical (unpaired) electrons. The van der Waals surface area contributed by atoms with Gasteiger partial charge in [0.1, 0.15) is 25.1 Å². The molecule has 1 fully saturated rings. The first-order valence-electron chi connectivity index (χ1n) is 11.0. The zero-order chi connectivity index (χ0) is 24.1. The Balaban J connectivity index is 1.55. The van der Waals surface area contributed by atoms with Crippen molar-refractivity contribution in [3.05, 3.63) is 42.7 Å². The second-order valence-corrected chi connectivity index (χ2v) is 10.3. The van der Waals surface area contributed by atoms with Gasteiger partial charge in [0.15, 0.2) is 5.52 Å². The summed E-state index contributed by atoms with van der Waals surface area (Å²) in [5.41, 5.74) is 2.70. The van der Waals surface area contributed by atoms with Crippen LogP contribution >= 0.6 is 0 Å². The summed E-state index contributed by atoms with van der Waals surface area (Å²) in [5, 5.41) is 0. The molecular formula is C23H29N5O5S. The molecule has 182 valence electrons. The van der Waals surface area contributed by atoms with E-state index in [1.807, 2.05) is 44.4 Å². The summed E-state index contributed by atoms with van der Waals surface area (Å²) >= 11 is 0. The standard InChI is InChI=1S/C23H29N5O5S/c1-27(2)9-11-31-18-6-4-5-17(13-18)20-14-21-22(25-8-7-24-21)23(26-20)33-16-19-15-28(10-12-32-19)34(3,29)30/h4-8,13-14,19H,9-12,15-16H2,1-3H3/t19-/m0/s1. The van der Waals surface area contributed by atoms with Crippen molar-refractivity contribution < 1.29 is 22.6 Å². The molecule has 0 amide bonds. The number of rotatable bonds is 9. The summed E-state index contributed by atoms with van der Waals surface area (Å²) in [7, 11) is 0.707. The molecule has 34 heavy (non-hydrogen) atoms. The molecule has 0 saturated carbocycles. The highest BCUT2D eigenvalue weighted by molar-refractivity contribution is 7.88. The fraction of sp³-hybridized carbons (Fsp3) is 0.435. The molecule has 0 spiro atoms. The first-order valence-corrected chi connectivity index (χ1v) is 12.8. The van der Waals surface area contributed by atoms with Crippen molar-refractivity contribution in [2.45, 2.75) is 6.10 Å². The molecule has 3 aromatic rings. The van der Waals surface area contributed by atoms with Gasteiger partial charge in [0.2, 0.25) is 15.9 Å². The maximum absolute atomic E-state index is 11.9. The normalized spacial score (nSPS) is 17.2. The summed E-state index contributed by atoms with van der Waals surface area (Å²) < 4.78 is 42.8. The molecule has 1 aliphatic heterocycles. The summed E-state index contributed by atoms with van der Waals surface area (Å²) in [5.74, 6) is 1.07. The van der Waals surface area contributed by atoms with Gasteiger partial charge in [0.05, 0.1) is 24.1 Å². The maximum atomic E-state index is 11.9. The summed E-state index contributed by atoms with van der Waals surface area (Å²) in [6, 6.07) is 9.56. The van der Waals surface area contributed by atoms with Gasteiger partial charge >= 0.3 is 0 Å². The third kappa shape index (κ3) is 6.17. The van der Waals surface area contributed by atoms with Crippen molar-refractivity contribution in [3.63, 3.8) is 0 Å². The van der Waals surface area contributed by atoms with Gasteiger partial charge in [-0.15, -0.1) is 0 Å². The van der Waals surface area contributed by atoms with E-state index < -0.39 is 16.1 Å². The summed E-state index contributed by atoms with van der Waals surface area (Å²) in [4.78, 5) is 15.6. The number of likely N-dealkylation sites (N-methyl/N-ethyl adjacent to an activating group) is 1. The number of ether oxygens (including phenoxy) is 3. The van der Waals surface area contributed by atoms with Gasteiger partial charge in [-0.2, -0.15) is 4.31 Å². The van der Waals surface area contributed by atoms with Crippen molar-refractivity contribution in [3.8, 4) is 22.9 Å². The largest absolute Gasteiger partial charge is 0.492 e. The van der Waals surface area contributed by atoms with E-state index in [9.17, 15) is 8.42 Å². The fourth-order valence-electron chi connectivity index (χ4n) is 3.55. The average Bonchev–Trinajstić information content (AvgIpc) is 2.82. The highest BCUT2D eigenvalue weighted by Crippen LogP contribution is 2.29. The molecule has 11 heteroatoms. The predicted octanol–water partition coefficient (Wildman–Crippen LogP) is 1.67. The highest BCUT2D eigenvalue weighted by Gasteiger charge is 2.27. The number of nitrogens with zero attached hydrogens (tertiary/aromatic N) is 5. The van der Waals surface area contributed by atoms with Gasteiger partial charge in [0.25, 0.3) is 0 Å². The minimum Gasteiger partial charge on any atom is -0.492 e. The van der Waals surface area contributed by atoms with Gasteiger partial charge in [-0.3, -0.25) is 4.98 Å². The lowest BCUT2D eigenvalue weighted by Crippen LogP contribution is -2.47. The molecule has 0 aliphatic carbocycles. The van der Waals surface area contributed by atoms with Crippen LogP contribution in [0.4, 0.5) is 0 Å². The maximum Gasteiger partial charge on any atom is 0.242 e. The Labute approximate surface area is 199 Å². The Morgan fingerprint density at radius 3 is 2.79 bits per heavy atom. The molecule has 4 rings (SSSR count). The Hall–Kier alpha value is -2.86. The highest BCUT2D eigenvalue weighted by atomic mass is 32.2. The number of fused-ring (bicyclic) bond motifs is 1. The molecule has 0 bridgehead atoms. The first-order chi connectivity index (χ1) is 16.3. The molecule has 0 unspecified atom stereocenters. The number of morpholine rings is 1. The Bertz CT molecular complexity index is 1240. The van der Waals surface area contributed by atoms with Gasteiger partial charge in [-0.1, -0.05) is 12.1 Å². The number of pyridine rings is 1. The molecule has 1 atom stereocenters. The van der Waals surface area contributed by atoms with Crippen LogP contribution in [0.1, 0.15) is 0 Å². The molecule has 1 saturated heterocycles. The molecule has 0 N–H and O–H groups in total. The zero-order valence-electron chi connectivity index (χ0n) is 19.5. The van der Waals surface area contributed by atoms with Crippen LogP contribution in [0.3, 0.4) is 0 Å². The molecule has 2 aromatic heterocycles. The zero-order valence-corrected chi connectivity index (χ0v) is 20.4. The van der Waals surface area contributed by atoms with Crippen molar-refractivity contribution >= 4 is 21.1 Å². The summed E-state index contributed by atoms with van der Waals surface area (Å²) in [6.07, 6.45) is 3.99. The monoisotopic (exact) mass is 487 g/mol. The predicted molar refractivity (Wildman–Crippen MR) is 128 cm³/mol. The number of aromatic nitrogens is 3. The quantitative estimate of drug-likeness (QED) is 0.445. The Morgan fingerprint density at radius 2 is 2.00 bits per heavy atom. The van der Waals surface area contributed by atoms with Crippen LogP contribution in [0.5, 0.6) is 11.6 Å². The van der Waals surface area contributed by atoms with Crippen LogP contribution in [0.25, 0.3) is 22.3 Å². The van der Waals surface area contributed by atoms with Crippen LogP contribution in [0, 0.1) is 0 Å². The lowest BCUT2D eigenvalue weighted by atomic mass is 10.1. The average molecular weight is 488 g/mol. The second kappa shape index (κ2) is 10.6. The Morgan fingerprint density at radius 1 is 1.18 bits per heavy atom. The van der Waals surface area contributed by atoms with Crippen molar-refractivity contribution in [1.29, 1.82) is 0 Å². The third-order valence-electron chi connectivity index (χ3n) is 5.34. The molecule has 3 heterocycles. The molecule has 10 nitrogen and oxygen atoms in total. The van der Waals surface area contributed by atoms with E-state index in [0.29, 0.717) is 42.4 Å². The number of sulfonamides is 1. The van der Waals surface area contributed by atoms with Crippen LogP contribution < -0.4 is 9.47 Å². The van der Waals surface area contributed by atoms with E-state index in [0.717, 1.165) is 17.9 Å². The fourth-order valence-corrected chi connectivity index (χ4v) is 4.39. The molecule has 1 aromatic carbocycles. The van der Waals surface area contributed by atoms with Crippen molar-refractivity contribution in [2.24, 2.45) is 0 Å².